The average molecular weight is 349 g/mol. The molecule has 0 radical (unpaired) electrons. The maximum atomic E-state index is 12.4. The van der Waals surface area contributed by atoms with Crippen LogP contribution < -0.4 is 15.8 Å². The van der Waals surface area contributed by atoms with Gasteiger partial charge in [0.2, 0.25) is 11.8 Å². The number of rotatable bonds is 4. The number of ether oxygens (including phenoxy) is 1. The average Bonchev–Trinajstić information content (AvgIpc) is 3.05. The normalized spacial score (nSPS) is 16.9. The molecule has 9 heteroatoms. The first kappa shape index (κ1) is 16.3. The number of hydrogen-bond donors (Lipinski definition) is 2. The maximum absolute atomic E-state index is 12.4. The summed E-state index contributed by atoms with van der Waals surface area (Å²) in [5, 5.41) is 3.54. The largest absolute Gasteiger partial charge is 0.480 e. The molecule has 1 amide bonds. The topological polar surface area (TPSA) is 106 Å². The van der Waals surface area contributed by atoms with Crippen molar-refractivity contribution >= 4 is 29.1 Å². The van der Waals surface area contributed by atoms with E-state index in [-0.39, 0.29) is 11.9 Å². The summed E-state index contributed by atoms with van der Waals surface area (Å²) in [5.74, 6) is 0.612. The highest BCUT2D eigenvalue weighted by Gasteiger charge is 2.28. The minimum absolute atomic E-state index is 0.0496. The summed E-state index contributed by atoms with van der Waals surface area (Å²) in [6.07, 6.45) is 3.74. The van der Waals surface area contributed by atoms with Crippen LogP contribution >= 0.6 is 11.6 Å². The molecule has 8 nitrogen and oxygen atoms in total. The van der Waals surface area contributed by atoms with Crippen LogP contribution in [0.15, 0.2) is 24.5 Å². The Bertz CT molecular complexity index is 739. The zero-order chi connectivity index (χ0) is 17.1. The van der Waals surface area contributed by atoms with Gasteiger partial charge in [-0.05, 0) is 18.6 Å². The third-order valence-corrected chi connectivity index (χ3v) is 3.98. The Morgan fingerprint density at radius 3 is 2.96 bits per heavy atom. The molecule has 3 heterocycles. The monoisotopic (exact) mass is 348 g/mol. The predicted octanol–water partition coefficient (Wildman–Crippen LogP) is 1.44. The molecule has 0 saturated carbocycles. The van der Waals surface area contributed by atoms with Crippen molar-refractivity contribution in [1.29, 1.82) is 0 Å². The smallest absolute Gasteiger partial charge is 0.272 e. The van der Waals surface area contributed by atoms with Gasteiger partial charge in [0.1, 0.15) is 10.7 Å². The third-order valence-electron chi connectivity index (χ3n) is 3.72. The zero-order valence-electron chi connectivity index (χ0n) is 13.1. The molecule has 3 N–H and O–H groups in total. The fourth-order valence-corrected chi connectivity index (χ4v) is 2.67. The van der Waals surface area contributed by atoms with E-state index in [1.165, 1.54) is 19.5 Å². The van der Waals surface area contributed by atoms with Gasteiger partial charge in [0, 0.05) is 19.1 Å². The van der Waals surface area contributed by atoms with Crippen LogP contribution in [0.25, 0.3) is 0 Å². The molecule has 3 rings (SSSR count). The van der Waals surface area contributed by atoms with Crippen molar-refractivity contribution in [3.63, 3.8) is 0 Å². The second-order valence-electron chi connectivity index (χ2n) is 5.41. The number of nitrogens with one attached hydrogen (secondary N) is 1. The van der Waals surface area contributed by atoms with Gasteiger partial charge < -0.3 is 20.7 Å². The molecule has 0 bridgehead atoms. The number of amides is 1. The lowest BCUT2D eigenvalue weighted by Crippen LogP contribution is -2.32. The number of carbonyl (C=O) groups is 1. The van der Waals surface area contributed by atoms with E-state index < -0.39 is 0 Å². The Morgan fingerprint density at radius 1 is 1.42 bits per heavy atom. The summed E-state index contributed by atoms with van der Waals surface area (Å²) >= 11 is 5.91. The zero-order valence-corrected chi connectivity index (χ0v) is 13.8. The van der Waals surface area contributed by atoms with E-state index in [9.17, 15) is 4.79 Å². The Morgan fingerprint density at radius 2 is 2.25 bits per heavy atom. The lowest BCUT2D eigenvalue weighted by atomic mass is 10.3. The van der Waals surface area contributed by atoms with Crippen molar-refractivity contribution in [3.05, 3.63) is 35.2 Å². The summed E-state index contributed by atoms with van der Waals surface area (Å²) in [6.45, 7) is 1.17. The summed E-state index contributed by atoms with van der Waals surface area (Å²) in [4.78, 5) is 26.5. The molecule has 24 heavy (non-hydrogen) atoms. The highest BCUT2D eigenvalue weighted by molar-refractivity contribution is 6.31. The van der Waals surface area contributed by atoms with Gasteiger partial charge in [-0.25, -0.2) is 9.97 Å². The highest BCUT2D eigenvalue weighted by Crippen LogP contribution is 2.22. The summed E-state index contributed by atoms with van der Waals surface area (Å²) in [6, 6.07) is 3.35. The van der Waals surface area contributed by atoms with Crippen molar-refractivity contribution in [1.82, 2.24) is 19.9 Å². The van der Waals surface area contributed by atoms with E-state index in [2.05, 4.69) is 20.3 Å². The fraction of sp³-hybridized carbons (Fsp3) is 0.333. The summed E-state index contributed by atoms with van der Waals surface area (Å²) in [5.41, 5.74) is 6.50. The standard InChI is InChI=1S/C15H17ClN6O2/c1-24-13-11(16)7-19-15(21-13)20-10-4-5-22(8-10)14(23)12-3-2-9(17)6-18-12/h2-3,6-7,10H,4-5,8,17H2,1H3,(H,19,20,21)/t10-/m1/s1. The number of methoxy groups -OCH3 is 1. The number of nitrogen functional groups attached to an aromatic ring is 1. The van der Waals surface area contributed by atoms with Gasteiger partial charge in [-0.3, -0.25) is 4.79 Å². The number of nitrogens with two attached hydrogens (primary N) is 1. The first-order valence-electron chi connectivity index (χ1n) is 7.40. The van der Waals surface area contributed by atoms with Crippen molar-refractivity contribution in [2.24, 2.45) is 0 Å². The van der Waals surface area contributed by atoms with Gasteiger partial charge in [-0.2, -0.15) is 4.98 Å². The first-order valence-corrected chi connectivity index (χ1v) is 7.78. The van der Waals surface area contributed by atoms with Gasteiger partial charge in [-0.1, -0.05) is 11.6 Å². The van der Waals surface area contributed by atoms with E-state index >= 15 is 0 Å². The molecule has 1 saturated heterocycles. The molecule has 1 aliphatic heterocycles. The molecule has 2 aromatic heterocycles. The molecule has 1 aliphatic rings. The molecule has 2 aromatic rings. The van der Waals surface area contributed by atoms with Gasteiger partial charge >= 0.3 is 0 Å². The lowest BCUT2D eigenvalue weighted by molar-refractivity contribution is 0.0786. The molecule has 126 valence electrons. The van der Waals surface area contributed by atoms with Crippen LogP contribution in [0.3, 0.4) is 0 Å². The number of pyridine rings is 1. The lowest BCUT2D eigenvalue weighted by Gasteiger charge is -2.17. The number of likely N-dealkylation sites (tertiary alicyclic amines) is 1. The van der Waals surface area contributed by atoms with Gasteiger partial charge in [0.05, 0.1) is 25.2 Å². The van der Waals surface area contributed by atoms with Crippen LogP contribution in [-0.4, -0.2) is 52.0 Å². The number of aromatic nitrogens is 3. The molecular formula is C15H17ClN6O2. The molecular weight excluding hydrogens is 332 g/mol. The summed E-state index contributed by atoms with van der Waals surface area (Å²) < 4.78 is 5.07. The number of anilines is 2. The summed E-state index contributed by atoms with van der Waals surface area (Å²) in [7, 11) is 1.49. The van der Waals surface area contributed by atoms with Gasteiger partial charge in [-0.15, -0.1) is 0 Å². The van der Waals surface area contributed by atoms with Crippen molar-refractivity contribution in [2.75, 3.05) is 31.2 Å². The van der Waals surface area contributed by atoms with Gasteiger partial charge in [0.25, 0.3) is 5.91 Å². The molecule has 0 unspecified atom stereocenters. The van der Waals surface area contributed by atoms with Crippen molar-refractivity contribution in [3.8, 4) is 5.88 Å². The van der Waals surface area contributed by atoms with Crippen LogP contribution in [-0.2, 0) is 0 Å². The highest BCUT2D eigenvalue weighted by atomic mass is 35.5. The fourth-order valence-electron chi connectivity index (χ4n) is 2.50. The molecule has 1 atom stereocenters. The number of hydrogen-bond acceptors (Lipinski definition) is 7. The van der Waals surface area contributed by atoms with E-state index in [0.29, 0.717) is 41.3 Å². The number of nitrogens with zero attached hydrogens (tertiary/aromatic N) is 4. The van der Waals surface area contributed by atoms with Crippen LogP contribution in [0.4, 0.5) is 11.6 Å². The Hall–Kier alpha value is -2.61. The second kappa shape index (κ2) is 6.88. The van der Waals surface area contributed by atoms with Crippen LogP contribution in [0.2, 0.25) is 5.02 Å². The third kappa shape index (κ3) is 3.48. The maximum Gasteiger partial charge on any atom is 0.272 e. The number of carbonyl (C=O) groups excluding carboxylic acids is 1. The number of halogens is 1. The molecule has 0 aliphatic carbocycles. The predicted molar refractivity (Wildman–Crippen MR) is 90.2 cm³/mol. The second-order valence-corrected chi connectivity index (χ2v) is 5.82. The van der Waals surface area contributed by atoms with E-state index in [1.807, 2.05) is 0 Å². The quantitative estimate of drug-likeness (QED) is 0.861. The van der Waals surface area contributed by atoms with E-state index in [0.717, 1.165) is 6.42 Å². The Labute approximate surface area is 144 Å². The van der Waals surface area contributed by atoms with Crippen molar-refractivity contribution in [2.45, 2.75) is 12.5 Å². The molecule has 0 aromatic carbocycles. The van der Waals surface area contributed by atoms with Gasteiger partial charge in [0.15, 0.2) is 0 Å². The minimum atomic E-state index is -0.117. The van der Waals surface area contributed by atoms with E-state index in [4.69, 9.17) is 22.1 Å². The van der Waals surface area contributed by atoms with Crippen LogP contribution in [0.5, 0.6) is 5.88 Å². The SMILES string of the molecule is COc1nc(N[C@@H]2CCN(C(=O)c3ccc(N)cn3)C2)ncc1Cl. The minimum Gasteiger partial charge on any atom is -0.480 e. The molecule has 0 spiro atoms. The van der Waals surface area contributed by atoms with Crippen LogP contribution in [0.1, 0.15) is 16.9 Å². The first-order chi connectivity index (χ1) is 11.6. The molecule has 1 fully saturated rings. The van der Waals surface area contributed by atoms with Crippen LogP contribution in [0, 0.1) is 0 Å². The van der Waals surface area contributed by atoms with E-state index in [1.54, 1.807) is 17.0 Å². The Kier molecular flexibility index (Phi) is 4.66. The van der Waals surface area contributed by atoms with Crippen molar-refractivity contribution < 1.29 is 9.53 Å². The Balaban J connectivity index is 1.63.